The van der Waals surface area contributed by atoms with Crippen molar-refractivity contribution in [3.8, 4) is 11.3 Å². The fourth-order valence-corrected chi connectivity index (χ4v) is 2.53. The molecule has 0 aliphatic heterocycles. The molecule has 0 fully saturated rings. The Bertz CT molecular complexity index is 772. The molecule has 124 valence electrons. The maximum atomic E-state index is 12.3. The van der Waals surface area contributed by atoms with Crippen molar-refractivity contribution < 1.29 is 18.3 Å². The third-order valence-corrected chi connectivity index (χ3v) is 3.86. The van der Waals surface area contributed by atoms with Crippen LogP contribution in [0, 0.1) is 13.8 Å². The molecule has 1 unspecified atom stereocenters. The Labute approximate surface area is 136 Å². The highest BCUT2D eigenvalue weighted by Crippen LogP contribution is 2.27. The summed E-state index contributed by atoms with van der Waals surface area (Å²) in [6.45, 7) is 5.43. The van der Waals surface area contributed by atoms with E-state index in [-0.39, 0.29) is 23.7 Å². The van der Waals surface area contributed by atoms with Gasteiger partial charge in [-0.05, 0) is 20.8 Å². The van der Waals surface area contributed by atoms with Crippen molar-refractivity contribution in [3.63, 3.8) is 0 Å². The van der Waals surface area contributed by atoms with E-state index in [9.17, 15) is 9.00 Å². The number of hydrogen-bond donors (Lipinski definition) is 1. The van der Waals surface area contributed by atoms with Crippen LogP contribution in [0.5, 0.6) is 0 Å². The summed E-state index contributed by atoms with van der Waals surface area (Å²) >= 11 is -2.07. The SMILES string of the molecule is CCOC(=O)c1c(C)nc(CS(=O)O)nc1-c1cnn(C)c1C. The number of esters is 1. The van der Waals surface area contributed by atoms with E-state index in [1.807, 2.05) is 6.92 Å². The molecule has 0 aliphatic carbocycles. The molecule has 2 heterocycles. The minimum Gasteiger partial charge on any atom is -0.462 e. The number of nitrogens with zero attached hydrogens (tertiary/aromatic N) is 4. The molecule has 9 heteroatoms. The van der Waals surface area contributed by atoms with Gasteiger partial charge in [0.15, 0.2) is 11.1 Å². The van der Waals surface area contributed by atoms with Crippen molar-refractivity contribution in [1.82, 2.24) is 19.7 Å². The maximum Gasteiger partial charge on any atom is 0.342 e. The molecule has 0 radical (unpaired) electrons. The second-order valence-corrected chi connectivity index (χ2v) is 5.83. The summed E-state index contributed by atoms with van der Waals surface area (Å²) in [6.07, 6.45) is 1.60. The first-order valence-electron chi connectivity index (χ1n) is 6.96. The van der Waals surface area contributed by atoms with Gasteiger partial charge in [-0.15, -0.1) is 0 Å². The van der Waals surface area contributed by atoms with Crippen molar-refractivity contribution >= 4 is 17.0 Å². The van der Waals surface area contributed by atoms with Gasteiger partial charge in [-0.25, -0.2) is 19.0 Å². The predicted molar refractivity (Wildman–Crippen MR) is 84.1 cm³/mol. The number of rotatable bonds is 5. The van der Waals surface area contributed by atoms with Crippen molar-refractivity contribution in [3.05, 3.63) is 29.0 Å². The van der Waals surface area contributed by atoms with Gasteiger partial charge in [0.1, 0.15) is 17.1 Å². The summed E-state index contributed by atoms with van der Waals surface area (Å²) in [4.78, 5) is 20.7. The zero-order valence-electron chi connectivity index (χ0n) is 13.4. The summed E-state index contributed by atoms with van der Waals surface area (Å²) in [5.74, 6) is -0.550. The Morgan fingerprint density at radius 3 is 2.61 bits per heavy atom. The first-order valence-corrected chi connectivity index (χ1v) is 8.23. The second kappa shape index (κ2) is 6.97. The van der Waals surface area contributed by atoms with Crippen LogP contribution in [0.15, 0.2) is 6.20 Å². The molecule has 0 aliphatic rings. The zero-order valence-corrected chi connectivity index (χ0v) is 14.2. The number of aromatic nitrogens is 4. The van der Waals surface area contributed by atoms with Crippen LogP contribution in [0.3, 0.4) is 0 Å². The largest absolute Gasteiger partial charge is 0.462 e. The van der Waals surface area contributed by atoms with E-state index < -0.39 is 17.0 Å². The van der Waals surface area contributed by atoms with Crippen molar-refractivity contribution in [2.24, 2.45) is 7.05 Å². The molecule has 8 nitrogen and oxygen atoms in total. The molecule has 0 aromatic carbocycles. The fourth-order valence-electron chi connectivity index (χ4n) is 2.18. The van der Waals surface area contributed by atoms with Gasteiger partial charge in [-0.1, -0.05) is 0 Å². The van der Waals surface area contributed by atoms with Crippen LogP contribution >= 0.6 is 0 Å². The van der Waals surface area contributed by atoms with Gasteiger partial charge < -0.3 is 9.29 Å². The first kappa shape index (κ1) is 17.2. The Hall–Kier alpha value is -2.13. The molecule has 1 N–H and O–H groups in total. The van der Waals surface area contributed by atoms with Crippen LogP contribution in [0.1, 0.15) is 34.5 Å². The van der Waals surface area contributed by atoms with Gasteiger partial charge >= 0.3 is 5.97 Å². The number of carbonyl (C=O) groups is 1. The molecule has 0 spiro atoms. The van der Waals surface area contributed by atoms with E-state index >= 15 is 0 Å². The van der Waals surface area contributed by atoms with Crippen molar-refractivity contribution in [2.75, 3.05) is 6.61 Å². The standard InChI is InChI=1S/C14H18N4O4S/c1-5-22-14(19)12-8(2)16-11(7-23(20)21)17-13(12)10-6-15-18(4)9(10)3/h6H,5,7H2,1-4H3,(H,20,21). The molecule has 23 heavy (non-hydrogen) atoms. The quantitative estimate of drug-likeness (QED) is 0.648. The monoisotopic (exact) mass is 338 g/mol. The lowest BCUT2D eigenvalue weighted by molar-refractivity contribution is 0.0525. The van der Waals surface area contributed by atoms with E-state index in [2.05, 4.69) is 15.1 Å². The van der Waals surface area contributed by atoms with Crippen LogP contribution in [-0.2, 0) is 28.6 Å². The Morgan fingerprint density at radius 1 is 1.39 bits per heavy atom. The molecule has 0 saturated carbocycles. The molecular formula is C14H18N4O4S. The summed E-state index contributed by atoms with van der Waals surface area (Å²) in [7, 11) is 1.78. The average molecular weight is 338 g/mol. The van der Waals surface area contributed by atoms with Gasteiger partial charge in [-0.2, -0.15) is 5.10 Å². The Kier molecular flexibility index (Phi) is 5.22. The predicted octanol–water partition coefficient (Wildman–Crippen LogP) is 1.39. The molecular weight excluding hydrogens is 320 g/mol. The van der Waals surface area contributed by atoms with E-state index in [1.54, 1.807) is 31.8 Å². The Morgan fingerprint density at radius 2 is 2.09 bits per heavy atom. The van der Waals surface area contributed by atoms with Gasteiger partial charge in [0.05, 0.1) is 24.2 Å². The summed E-state index contributed by atoms with van der Waals surface area (Å²) < 4.78 is 26.8. The average Bonchev–Trinajstić information content (AvgIpc) is 2.77. The molecule has 2 rings (SSSR count). The molecule has 0 saturated heterocycles. The number of ether oxygens (including phenoxy) is 1. The van der Waals surface area contributed by atoms with Crippen molar-refractivity contribution in [2.45, 2.75) is 26.5 Å². The number of carbonyl (C=O) groups excluding carboxylic acids is 1. The third-order valence-electron chi connectivity index (χ3n) is 3.36. The zero-order chi connectivity index (χ0) is 17.1. The van der Waals surface area contributed by atoms with Crippen LogP contribution in [0.25, 0.3) is 11.3 Å². The number of hydrogen-bond acceptors (Lipinski definition) is 6. The van der Waals surface area contributed by atoms with Gasteiger partial charge in [0.2, 0.25) is 0 Å². The fraction of sp³-hybridized carbons (Fsp3) is 0.429. The van der Waals surface area contributed by atoms with Crippen LogP contribution < -0.4 is 0 Å². The van der Waals surface area contributed by atoms with Crippen LogP contribution in [0.4, 0.5) is 0 Å². The Balaban J connectivity index is 2.68. The highest BCUT2D eigenvalue weighted by atomic mass is 32.2. The lowest BCUT2D eigenvalue weighted by Crippen LogP contribution is -2.14. The molecule has 0 bridgehead atoms. The normalized spacial score (nSPS) is 12.2. The highest BCUT2D eigenvalue weighted by molar-refractivity contribution is 7.78. The third kappa shape index (κ3) is 3.62. The minimum absolute atomic E-state index is 0.189. The number of aryl methyl sites for hydroxylation is 2. The minimum atomic E-state index is -2.07. The lowest BCUT2D eigenvalue weighted by Gasteiger charge is -2.12. The van der Waals surface area contributed by atoms with Crippen LogP contribution in [0.2, 0.25) is 0 Å². The first-order chi connectivity index (χ1) is 10.8. The van der Waals surface area contributed by atoms with E-state index in [4.69, 9.17) is 9.29 Å². The second-order valence-electron chi connectivity index (χ2n) is 4.90. The smallest absolute Gasteiger partial charge is 0.342 e. The summed E-state index contributed by atoms with van der Waals surface area (Å²) in [5.41, 5.74) is 2.48. The van der Waals surface area contributed by atoms with E-state index in [0.717, 1.165) is 5.69 Å². The molecule has 0 amide bonds. The summed E-state index contributed by atoms with van der Waals surface area (Å²) in [5, 5.41) is 4.15. The highest BCUT2D eigenvalue weighted by Gasteiger charge is 2.23. The van der Waals surface area contributed by atoms with Crippen molar-refractivity contribution in [1.29, 1.82) is 0 Å². The van der Waals surface area contributed by atoms with Crippen LogP contribution in [-0.4, -0.2) is 41.1 Å². The van der Waals surface area contributed by atoms with E-state index in [1.165, 1.54) is 0 Å². The van der Waals surface area contributed by atoms with Gasteiger partial charge in [0.25, 0.3) is 0 Å². The lowest BCUT2D eigenvalue weighted by atomic mass is 10.1. The molecule has 2 aromatic heterocycles. The summed E-state index contributed by atoms with van der Waals surface area (Å²) in [6, 6.07) is 0. The molecule has 2 aromatic rings. The van der Waals surface area contributed by atoms with Gasteiger partial charge in [0, 0.05) is 18.3 Å². The topological polar surface area (TPSA) is 107 Å². The van der Waals surface area contributed by atoms with E-state index in [0.29, 0.717) is 17.0 Å². The van der Waals surface area contributed by atoms with Gasteiger partial charge in [-0.3, -0.25) is 4.68 Å². The molecule has 1 atom stereocenters. The maximum absolute atomic E-state index is 12.3.